The van der Waals surface area contributed by atoms with Gasteiger partial charge >= 0.3 is 0 Å². The fourth-order valence-electron chi connectivity index (χ4n) is 1.84. The molecule has 0 amide bonds. The molecule has 0 aromatic heterocycles. The van der Waals surface area contributed by atoms with E-state index in [0.717, 1.165) is 15.8 Å². The van der Waals surface area contributed by atoms with Crippen LogP contribution in [0.25, 0.3) is 0 Å². The third-order valence-corrected chi connectivity index (χ3v) is 4.75. The number of hydrogen-bond acceptors (Lipinski definition) is 1. The van der Waals surface area contributed by atoms with E-state index in [1.54, 1.807) is 12.1 Å². The molecule has 0 heterocycles. The van der Waals surface area contributed by atoms with E-state index in [0.29, 0.717) is 16.6 Å². The molecule has 20 heavy (non-hydrogen) atoms. The van der Waals surface area contributed by atoms with Crippen LogP contribution in [-0.2, 0) is 0 Å². The van der Waals surface area contributed by atoms with Crippen LogP contribution in [0.4, 0.5) is 4.39 Å². The van der Waals surface area contributed by atoms with E-state index in [-0.39, 0.29) is 5.82 Å². The average molecular weight is 423 g/mol. The van der Waals surface area contributed by atoms with Gasteiger partial charge in [-0.3, -0.25) is 0 Å². The van der Waals surface area contributed by atoms with Crippen LogP contribution in [0.1, 0.15) is 23.4 Å². The van der Waals surface area contributed by atoms with Crippen molar-refractivity contribution in [2.45, 2.75) is 12.3 Å². The minimum absolute atomic E-state index is 0.321. The maximum absolute atomic E-state index is 13.6. The van der Waals surface area contributed by atoms with E-state index in [1.807, 2.05) is 25.1 Å². The predicted molar refractivity (Wildman–Crippen MR) is 87.1 cm³/mol. The third kappa shape index (κ3) is 3.35. The van der Waals surface area contributed by atoms with Gasteiger partial charge in [0.25, 0.3) is 0 Å². The van der Waals surface area contributed by atoms with Crippen LogP contribution < -0.4 is 4.74 Å². The summed E-state index contributed by atoms with van der Waals surface area (Å²) in [4.78, 5) is 0. The highest BCUT2D eigenvalue weighted by Crippen LogP contribution is 2.37. The SMILES string of the molecule is CCOc1ccc(C(Cl)c2cccc(F)c2Br)cc1Br. The zero-order chi connectivity index (χ0) is 14.7. The molecule has 5 heteroatoms. The Morgan fingerprint density at radius 3 is 2.65 bits per heavy atom. The second-order valence-corrected chi connectivity index (χ2v) is 6.21. The van der Waals surface area contributed by atoms with Gasteiger partial charge in [0, 0.05) is 0 Å². The van der Waals surface area contributed by atoms with Gasteiger partial charge in [-0.2, -0.15) is 0 Å². The first-order chi connectivity index (χ1) is 9.54. The Bertz CT molecular complexity index is 619. The van der Waals surface area contributed by atoms with Crippen molar-refractivity contribution >= 4 is 43.5 Å². The van der Waals surface area contributed by atoms with E-state index in [9.17, 15) is 4.39 Å². The Morgan fingerprint density at radius 1 is 1.25 bits per heavy atom. The van der Waals surface area contributed by atoms with E-state index in [2.05, 4.69) is 31.9 Å². The first kappa shape index (κ1) is 15.8. The van der Waals surface area contributed by atoms with Crippen molar-refractivity contribution in [1.82, 2.24) is 0 Å². The molecule has 0 saturated carbocycles. The van der Waals surface area contributed by atoms with Gasteiger partial charge in [0.05, 0.1) is 20.9 Å². The van der Waals surface area contributed by atoms with Crippen LogP contribution in [0.5, 0.6) is 5.75 Å². The monoisotopic (exact) mass is 420 g/mol. The lowest BCUT2D eigenvalue weighted by atomic mass is 10.0. The fourth-order valence-corrected chi connectivity index (χ4v) is 3.30. The number of hydrogen-bond donors (Lipinski definition) is 0. The van der Waals surface area contributed by atoms with E-state index in [4.69, 9.17) is 16.3 Å². The van der Waals surface area contributed by atoms with Crippen molar-refractivity contribution in [2.24, 2.45) is 0 Å². The fraction of sp³-hybridized carbons (Fsp3) is 0.200. The van der Waals surface area contributed by atoms with Gasteiger partial charge in [-0.25, -0.2) is 4.39 Å². The zero-order valence-electron chi connectivity index (χ0n) is 10.7. The topological polar surface area (TPSA) is 9.23 Å². The van der Waals surface area contributed by atoms with Crippen molar-refractivity contribution < 1.29 is 9.13 Å². The molecular formula is C15H12Br2ClFO. The van der Waals surface area contributed by atoms with Gasteiger partial charge < -0.3 is 4.74 Å². The number of alkyl halides is 1. The van der Waals surface area contributed by atoms with E-state index in [1.165, 1.54) is 6.07 Å². The molecule has 0 aliphatic rings. The molecule has 0 radical (unpaired) electrons. The lowest BCUT2D eigenvalue weighted by Gasteiger charge is -2.14. The Labute approximate surface area is 139 Å². The van der Waals surface area contributed by atoms with E-state index >= 15 is 0 Å². The summed E-state index contributed by atoms with van der Waals surface area (Å²) < 4.78 is 20.2. The van der Waals surface area contributed by atoms with Crippen molar-refractivity contribution in [1.29, 1.82) is 0 Å². The minimum Gasteiger partial charge on any atom is -0.493 e. The zero-order valence-corrected chi connectivity index (χ0v) is 14.6. The van der Waals surface area contributed by atoms with E-state index < -0.39 is 5.38 Å². The lowest BCUT2D eigenvalue weighted by molar-refractivity contribution is 0.338. The molecule has 1 atom stereocenters. The molecule has 0 aliphatic carbocycles. The van der Waals surface area contributed by atoms with Crippen LogP contribution >= 0.6 is 43.5 Å². The molecule has 1 unspecified atom stereocenters. The highest BCUT2D eigenvalue weighted by molar-refractivity contribution is 9.10. The lowest BCUT2D eigenvalue weighted by Crippen LogP contribution is -1.98. The van der Waals surface area contributed by atoms with Gasteiger partial charge in [-0.1, -0.05) is 18.2 Å². The average Bonchev–Trinajstić information content (AvgIpc) is 2.43. The highest BCUT2D eigenvalue weighted by Gasteiger charge is 2.17. The maximum atomic E-state index is 13.6. The van der Waals surface area contributed by atoms with Crippen LogP contribution in [0, 0.1) is 5.82 Å². The minimum atomic E-state index is -0.438. The number of benzene rings is 2. The number of rotatable bonds is 4. The Balaban J connectivity index is 2.36. The largest absolute Gasteiger partial charge is 0.493 e. The van der Waals surface area contributed by atoms with Gasteiger partial charge in [-0.15, -0.1) is 11.6 Å². The Kier molecular flexibility index (Phi) is 5.47. The second-order valence-electron chi connectivity index (χ2n) is 4.13. The summed E-state index contributed by atoms with van der Waals surface area (Å²) in [5.74, 6) is 0.441. The quantitative estimate of drug-likeness (QED) is 0.543. The van der Waals surface area contributed by atoms with Gasteiger partial charge in [0.1, 0.15) is 11.6 Å². The van der Waals surface area contributed by atoms with Gasteiger partial charge in [-0.05, 0) is 68.1 Å². The summed E-state index contributed by atoms with van der Waals surface area (Å²) in [6.07, 6.45) is 0. The summed E-state index contributed by atoms with van der Waals surface area (Å²) >= 11 is 13.1. The van der Waals surface area contributed by atoms with Crippen molar-refractivity contribution in [2.75, 3.05) is 6.61 Å². The Morgan fingerprint density at radius 2 is 2.00 bits per heavy atom. The Hall–Kier alpha value is -0.580. The smallest absolute Gasteiger partial charge is 0.137 e. The summed E-state index contributed by atoms with van der Waals surface area (Å²) in [7, 11) is 0. The molecular weight excluding hydrogens is 410 g/mol. The molecule has 0 saturated heterocycles. The molecule has 2 rings (SSSR count). The number of ether oxygens (including phenoxy) is 1. The summed E-state index contributed by atoms with van der Waals surface area (Å²) in [5, 5.41) is -0.438. The number of halogens is 4. The molecule has 106 valence electrons. The van der Waals surface area contributed by atoms with Crippen molar-refractivity contribution in [3.8, 4) is 5.75 Å². The highest BCUT2D eigenvalue weighted by atomic mass is 79.9. The molecule has 0 fully saturated rings. The van der Waals surface area contributed by atoms with Crippen LogP contribution in [0.15, 0.2) is 45.3 Å². The molecule has 0 bridgehead atoms. The molecule has 2 aromatic carbocycles. The summed E-state index contributed by atoms with van der Waals surface area (Å²) in [6.45, 7) is 2.52. The van der Waals surface area contributed by atoms with Crippen LogP contribution in [-0.4, -0.2) is 6.61 Å². The van der Waals surface area contributed by atoms with Gasteiger partial charge in [0.15, 0.2) is 0 Å². The summed E-state index contributed by atoms with van der Waals surface area (Å²) in [6, 6.07) is 10.5. The normalized spacial score (nSPS) is 12.2. The predicted octanol–water partition coefficient (Wildman–Crippen LogP) is 6.08. The van der Waals surface area contributed by atoms with Crippen molar-refractivity contribution in [3.05, 3.63) is 62.3 Å². The molecule has 2 aromatic rings. The summed E-state index contributed by atoms with van der Waals surface area (Å²) in [5.41, 5.74) is 1.57. The first-order valence-corrected chi connectivity index (χ1v) is 8.07. The second kappa shape index (κ2) is 6.92. The van der Waals surface area contributed by atoms with Crippen LogP contribution in [0.2, 0.25) is 0 Å². The van der Waals surface area contributed by atoms with Crippen LogP contribution in [0.3, 0.4) is 0 Å². The molecule has 0 aliphatic heterocycles. The standard InChI is InChI=1S/C15H12Br2ClFO/c1-2-20-13-7-6-9(8-11(13)16)15(18)10-4-3-5-12(19)14(10)17/h3-8,15H,2H2,1H3. The van der Waals surface area contributed by atoms with Gasteiger partial charge in [0.2, 0.25) is 0 Å². The third-order valence-electron chi connectivity index (χ3n) is 2.80. The maximum Gasteiger partial charge on any atom is 0.137 e. The molecule has 1 nitrogen and oxygen atoms in total. The first-order valence-electron chi connectivity index (χ1n) is 6.04. The molecule has 0 N–H and O–H groups in total. The van der Waals surface area contributed by atoms with Crippen molar-refractivity contribution in [3.63, 3.8) is 0 Å². The molecule has 0 spiro atoms.